The van der Waals surface area contributed by atoms with Crippen molar-refractivity contribution in [1.29, 1.82) is 0 Å². The normalized spacial score (nSPS) is 16.3. The molecule has 1 aromatic carbocycles. The summed E-state index contributed by atoms with van der Waals surface area (Å²) < 4.78 is 0.379. The molecule has 0 bridgehead atoms. The maximum atomic E-state index is 12.6. The zero-order valence-electron chi connectivity index (χ0n) is 14.8. The van der Waals surface area contributed by atoms with Crippen LogP contribution in [0.1, 0.15) is 18.2 Å². The van der Waals surface area contributed by atoms with E-state index < -0.39 is 0 Å². The monoisotopic (exact) mass is 415 g/mol. The van der Waals surface area contributed by atoms with Gasteiger partial charge in [-0.05, 0) is 31.1 Å². The second-order valence-electron chi connectivity index (χ2n) is 5.91. The van der Waals surface area contributed by atoms with Crippen LogP contribution in [0.2, 0.25) is 0 Å². The molecule has 1 aliphatic heterocycles. The van der Waals surface area contributed by atoms with Gasteiger partial charge >= 0.3 is 0 Å². The molecule has 2 aromatic rings. The van der Waals surface area contributed by atoms with Crippen molar-refractivity contribution in [2.75, 3.05) is 11.9 Å². The van der Waals surface area contributed by atoms with E-state index in [1.807, 2.05) is 55.6 Å². The van der Waals surface area contributed by atoms with Gasteiger partial charge in [-0.3, -0.25) is 14.5 Å². The first-order valence-corrected chi connectivity index (χ1v) is 10.2. The number of hydrogen-bond donors (Lipinski definition) is 1. The van der Waals surface area contributed by atoms with Crippen molar-refractivity contribution < 1.29 is 9.59 Å². The van der Waals surface area contributed by atoms with Crippen molar-refractivity contribution in [3.63, 3.8) is 0 Å². The van der Waals surface area contributed by atoms with E-state index in [1.54, 1.807) is 6.08 Å². The zero-order valence-corrected chi connectivity index (χ0v) is 17.2. The van der Waals surface area contributed by atoms with Gasteiger partial charge in [0, 0.05) is 5.38 Å². The van der Waals surface area contributed by atoms with Crippen LogP contribution in [-0.4, -0.2) is 32.6 Å². The summed E-state index contributed by atoms with van der Waals surface area (Å²) in [7, 11) is 0. The second kappa shape index (κ2) is 8.60. The zero-order chi connectivity index (χ0) is 19.4. The molecule has 1 saturated heterocycles. The van der Waals surface area contributed by atoms with Crippen LogP contribution < -0.4 is 5.32 Å². The summed E-state index contributed by atoms with van der Waals surface area (Å²) in [6, 6.07) is 9.86. The SMILES string of the molecule is CC(=Cc1ccccc1)C=C1SC(=S)N(CC(=O)Nc2nc(C)cs2)C1=O. The number of anilines is 1. The lowest BCUT2D eigenvalue weighted by Crippen LogP contribution is -2.36. The predicted octanol–water partition coefficient (Wildman–Crippen LogP) is 4.24. The lowest BCUT2D eigenvalue weighted by molar-refractivity contribution is -0.126. The fourth-order valence-corrected chi connectivity index (χ4v) is 4.42. The number of benzene rings is 1. The molecule has 0 unspecified atom stereocenters. The second-order valence-corrected chi connectivity index (χ2v) is 8.44. The molecule has 2 heterocycles. The first-order chi connectivity index (χ1) is 12.9. The van der Waals surface area contributed by atoms with Crippen LogP contribution >= 0.6 is 35.3 Å². The topological polar surface area (TPSA) is 62.3 Å². The lowest BCUT2D eigenvalue weighted by Gasteiger charge is -2.13. The molecule has 0 aliphatic carbocycles. The Kier molecular flexibility index (Phi) is 6.20. The highest BCUT2D eigenvalue weighted by Crippen LogP contribution is 2.32. The molecule has 5 nitrogen and oxygen atoms in total. The number of aromatic nitrogens is 1. The van der Waals surface area contributed by atoms with Gasteiger partial charge in [0.2, 0.25) is 5.91 Å². The van der Waals surface area contributed by atoms with Crippen molar-refractivity contribution >= 4 is 62.7 Å². The van der Waals surface area contributed by atoms with Crippen molar-refractivity contribution in [1.82, 2.24) is 9.88 Å². The Bertz CT molecular complexity index is 948. The molecule has 0 spiro atoms. The summed E-state index contributed by atoms with van der Waals surface area (Å²) in [5.74, 6) is -0.574. The summed E-state index contributed by atoms with van der Waals surface area (Å²) in [5, 5.41) is 5.05. The number of carbonyl (C=O) groups excluding carboxylic acids is 2. The molecular weight excluding hydrogens is 398 g/mol. The van der Waals surface area contributed by atoms with E-state index in [0.717, 1.165) is 16.8 Å². The number of thiazole rings is 1. The van der Waals surface area contributed by atoms with Crippen LogP contribution in [0.4, 0.5) is 5.13 Å². The summed E-state index contributed by atoms with van der Waals surface area (Å²) in [5.41, 5.74) is 2.83. The number of allylic oxidation sites excluding steroid dienone is 2. The Morgan fingerprint density at radius 3 is 2.74 bits per heavy atom. The minimum Gasteiger partial charge on any atom is -0.300 e. The summed E-state index contributed by atoms with van der Waals surface area (Å²) in [6.07, 6.45) is 3.79. The van der Waals surface area contributed by atoms with E-state index >= 15 is 0 Å². The molecule has 27 heavy (non-hydrogen) atoms. The minimum atomic E-state index is -0.321. The van der Waals surface area contributed by atoms with Crippen LogP contribution in [0.3, 0.4) is 0 Å². The third kappa shape index (κ3) is 5.12. The minimum absolute atomic E-state index is 0.123. The largest absolute Gasteiger partial charge is 0.300 e. The van der Waals surface area contributed by atoms with E-state index in [1.165, 1.54) is 28.0 Å². The van der Waals surface area contributed by atoms with E-state index in [4.69, 9.17) is 12.2 Å². The fraction of sp³-hybridized carbons (Fsp3) is 0.158. The molecule has 3 rings (SSSR count). The lowest BCUT2D eigenvalue weighted by atomic mass is 10.1. The highest BCUT2D eigenvalue weighted by molar-refractivity contribution is 8.26. The van der Waals surface area contributed by atoms with E-state index in [9.17, 15) is 9.59 Å². The number of nitrogens with one attached hydrogen (secondary N) is 1. The number of amides is 2. The first kappa shape index (κ1) is 19.5. The average Bonchev–Trinajstić information content (AvgIpc) is 3.14. The Labute approximate surface area is 171 Å². The van der Waals surface area contributed by atoms with Gasteiger partial charge in [-0.25, -0.2) is 4.98 Å². The summed E-state index contributed by atoms with van der Waals surface area (Å²) in [6.45, 7) is 3.66. The van der Waals surface area contributed by atoms with Crippen molar-refractivity contribution in [3.05, 3.63) is 63.5 Å². The smallest absolute Gasteiger partial charge is 0.266 e. The van der Waals surface area contributed by atoms with Gasteiger partial charge in [0.15, 0.2) is 5.13 Å². The van der Waals surface area contributed by atoms with E-state index in [0.29, 0.717) is 14.4 Å². The number of nitrogens with zero attached hydrogens (tertiary/aromatic N) is 2. The number of hydrogen-bond acceptors (Lipinski definition) is 6. The fourth-order valence-electron chi connectivity index (χ4n) is 2.41. The molecule has 0 radical (unpaired) electrons. The van der Waals surface area contributed by atoms with E-state index in [2.05, 4.69) is 10.3 Å². The molecular formula is C19H17N3O2S3. The molecule has 1 fully saturated rings. The van der Waals surface area contributed by atoms with Crippen molar-refractivity contribution in [3.8, 4) is 0 Å². The maximum Gasteiger partial charge on any atom is 0.266 e. The third-order valence-electron chi connectivity index (χ3n) is 3.59. The van der Waals surface area contributed by atoms with Gasteiger partial charge in [-0.2, -0.15) is 0 Å². The molecule has 0 atom stereocenters. The van der Waals surface area contributed by atoms with Gasteiger partial charge in [0.05, 0.1) is 10.6 Å². The predicted molar refractivity (Wildman–Crippen MR) is 116 cm³/mol. The summed E-state index contributed by atoms with van der Waals surface area (Å²) in [4.78, 5) is 30.8. The van der Waals surface area contributed by atoms with Gasteiger partial charge in [0.1, 0.15) is 10.9 Å². The van der Waals surface area contributed by atoms with Gasteiger partial charge in [-0.1, -0.05) is 60.4 Å². The quantitative estimate of drug-likeness (QED) is 0.585. The third-order valence-corrected chi connectivity index (χ3v) is 5.85. The summed E-state index contributed by atoms with van der Waals surface area (Å²) >= 11 is 7.83. The van der Waals surface area contributed by atoms with Crippen molar-refractivity contribution in [2.24, 2.45) is 0 Å². The number of aryl methyl sites for hydroxylation is 1. The molecule has 1 N–H and O–H groups in total. The van der Waals surface area contributed by atoms with Crippen LogP contribution in [-0.2, 0) is 9.59 Å². The van der Waals surface area contributed by atoms with Gasteiger partial charge < -0.3 is 5.32 Å². The Balaban J connectivity index is 1.67. The number of rotatable bonds is 5. The highest BCUT2D eigenvalue weighted by Gasteiger charge is 2.33. The molecule has 8 heteroatoms. The van der Waals surface area contributed by atoms with Crippen LogP contribution in [0, 0.1) is 6.92 Å². The molecule has 2 amide bonds. The maximum absolute atomic E-state index is 12.6. The van der Waals surface area contributed by atoms with Crippen LogP contribution in [0.5, 0.6) is 0 Å². The Morgan fingerprint density at radius 2 is 2.07 bits per heavy atom. The average molecular weight is 416 g/mol. The Hall–Kier alpha value is -2.29. The van der Waals surface area contributed by atoms with Crippen molar-refractivity contribution in [2.45, 2.75) is 13.8 Å². The molecule has 1 aromatic heterocycles. The Morgan fingerprint density at radius 1 is 1.33 bits per heavy atom. The van der Waals surface area contributed by atoms with Gasteiger partial charge in [0.25, 0.3) is 5.91 Å². The number of carbonyl (C=O) groups is 2. The first-order valence-electron chi connectivity index (χ1n) is 8.13. The van der Waals surface area contributed by atoms with Crippen LogP contribution in [0.15, 0.2) is 52.3 Å². The van der Waals surface area contributed by atoms with Gasteiger partial charge in [-0.15, -0.1) is 11.3 Å². The highest BCUT2D eigenvalue weighted by atomic mass is 32.2. The van der Waals surface area contributed by atoms with E-state index in [-0.39, 0.29) is 18.4 Å². The molecule has 1 aliphatic rings. The molecule has 0 saturated carbocycles. The standard InChI is InChI=1S/C19H17N3O2S3/c1-12(8-14-6-4-3-5-7-14)9-15-17(24)22(19(25)27-15)10-16(23)21-18-20-13(2)11-26-18/h3-9,11H,10H2,1-2H3,(H,20,21,23). The van der Waals surface area contributed by atoms with Crippen LogP contribution in [0.25, 0.3) is 6.08 Å². The number of thioether (sulfide) groups is 1. The number of thiocarbonyl (C=S) groups is 1. The molecule has 138 valence electrons.